The van der Waals surface area contributed by atoms with E-state index in [1.54, 1.807) is 6.20 Å². The van der Waals surface area contributed by atoms with Gasteiger partial charge in [-0.2, -0.15) is 0 Å². The van der Waals surface area contributed by atoms with E-state index in [1.165, 1.54) is 0 Å². The molecule has 0 bridgehead atoms. The lowest BCUT2D eigenvalue weighted by Crippen LogP contribution is -2.29. The van der Waals surface area contributed by atoms with Gasteiger partial charge in [0.15, 0.2) is 0 Å². The Morgan fingerprint density at radius 1 is 1.47 bits per heavy atom. The van der Waals surface area contributed by atoms with Crippen molar-refractivity contribution in [1.82, 2.24) is 4.98 Å². The van der Waals surface area contributed by atoms with Gasteiger partial charge in [-0.15, -0.1) is 0 Å². The van der Waals surface area contributed by atoms with Crippen LogP contribution >= 0.6 is 11.6 Å². The molecule has 1 saturated heterocycles. The van der Waals surface area contributed by atoms with Gasteiger partial charge in [-0.3, -0.25) is 0 Å². The molecule has 1 fully saturated rings. The molecule has 4 nitrogen and oxygen atoms in total. The predicted octanol–water partition coefficient (Wildman–Crippen LogP) is 1.59. The van der Waals surface area contributed by atoms with Crippen molar-refractivity contribution in [1.29, 1.82) is 0 Å². The zero-order chi connectivity index (χ0) is 10.3. The van der Waals surface area contributed by atoms with E-state index in [-0.39, 0.29) is 0 Å². The van der Waals surface area contributed by atoms with Gasteiger partial charge < -0.3 is 15.4 Å². The second kappa shape index (κ2) is 3.54. The topological polar surface area (TPSA) is 46.2 Å². The number of halogens is 1. The fourth-order valence-electron chi connectivity index (χ4n) is 2.07. The molecule has 80 valence electrons. The van der Waals surface area contributed by atoms with Gasteiger partial charge in [0.2, 0.25) is 0 Å². The molecule has 2 atom stereocenters. The Kier molecular flexibility index (Phi) is 2.18. The molecule has 0 spiro atoms. The van der Waals surface area contributed by atoms with Crippen LogP contribution in [0.5, 0.6) is 0 Å². The quantitative estimate of drug-likeness (QED) is 0.704. The SMILES string of the molecule is Clc1cnc2c(c1)NCC1COCC1N2. The number of aromatic nitrogens is 1. The van der Waals surface area contributed by atoms with Crippen LogP contribution in [-0.2, 0) is 4.74 Å². The third kappa shape index (κ3) is 1.64. The Labute approximate surface area is 93.0 Å². The normalized spacial score (nSPS) is 28.3. The molecule has 0 amide bonds. The fourth-order valence-corrected chi connectivity index (χ4v) is 2.22. The number of nitrogens with zero attached hydrogens (tertiary/aromatic N) is 1. The van der Waals surface area contributed by atoms with Crippen molar-refractivity contribution in [3.05, 3.63) is 17.3 Å². The van der Waals surface area contributed by atoms with E-state index in [0.29, 0.717) is 17.0 Å². The van der Waals surface area contributed by atoms with E-state index in [9.17, 15) is 0 Å². The highest BCUT2D eigenvalue weighted by molar-refractivity contribution is 6.30. The summed E-state index contributed by atoms with van der Waals surface area (Å²) in [5.41, 5.74) is 0.983. The summed E-state index contributed by atoms with van der Waals surface area (Å²) in [4.78, 5) is 4.28. The Morgan fingerprint density at radius 2 is 2.40 bits per heavy atom. The minimum Gasteiger partial charge on any atom is -0.382 e. The molecule has 1 aromatic heterocycles. The highest BCUT2D eigenvalue weighted by atomic mass is 35.5. The third-order valence-corrected chi connectivity index (χ3v) is 3.14. The van der Waals surface area contributed by atoms with Gasteiger partial charge in [-0.05, 0) is 6.07 Å². The zero-order valence-electron chi connectivity index (χ0n) is 8.16. The Hall–Kier alpha value is -1.00. The Morgan fingerprint density at radius 3 is 3.33 bits per heavy atom. The van der Waals surface area contributed by atoms with Crippen molar-refractivity contribution in [2.75, 3.05) is 30.4 Å². The average Bonchev–Trinajstić information content (AvgIpc) is 2.59. The second-order valence-corrected chi connectivity index (χ2v) is 4.42. The van der Waals surface area contributed by atoms with E-state index in [4.69, 9.17) is 16.3 Å². The van der Waals surface area contributed by atoms with Crippen LogP contribution in [-0.4, -0.2) is 30.8 Å². The summed E-state index contributed by atoms with van der Waals surface area (Å²) in [5.74, 6) is 1.38. The molecule has 2 unspecified atom stereocenters. The smallest absolute Gasteiger partial charge is 0.149 e. The van der Waals surface area contributed by atoms with Crippen LogP contribution in [0.4, 0.5) is 11.5 Å². The largest absolute Gasteiger partial charge is 0.382 e. The van der Waals surface area contributed by atoms with Gasteiger partial charge in [0.05, 0.1) is 30.0 Å². The summed E-state index contributed by atoms with van der Waals surface area (Å²) in [6.07, 6.45) is 1.66. The number of anilines is 2. The highest BCUT2D eigenvalue weighted by Crippen LogP contribution is 2.29. The molecule has 0 saturated carbocycles. The first-order valence-electron chi connectivity index (χ1n) is 5.06. The molecule has 0 aliphatic carbocycles. The minimum absolute atomic E-state index is 0.368. The summed E-state index contributed by atoms with van der Waals surface area (Å²) < 4.78 is 5.43. The number of ether oxygens (including phenoxy) is 1. The fraction of sp³-hybridized carbons (Fsp3) is 0.500. The van der Waals surface area contributed by atoms with Gasteiger partial charge in [0, 0.05) is 18.7 Å². The number of nitrogens with one attached hydrogen (secondary N) is 2. The van der Waals surface area contributed by atoms with Gasteiger partial charge >= 0.3 is 0 Å². The van der Waals surface area contributed by atoms with Crippen LogP contribution in [0.15, 0.2) is 12.3 Å². The lowest BCUT2D eigenvalue weighted by molar-refractivity contribution is 0.186. The van der Waals surface area contributed by atoms with Gasteiger partial charge in [0.1, 0.15) is 5.82 Å². The first-order valence-corrected chi connectivity index (χ1v) is 5.44. The molecule has 3 heterocycles. The van der Waals surface area contributed by atoms with Crippen molar-refractivity contribution < 1.29 is 4.74 Å². The molecule has 0 radical (unpaired) electrons. The molecule has 2 aliphatic heterocycles. The molecule has 3 rings (SSSR count). The summed E-state index contributed by atoms with van der Waals surface area (Å²) >= 11 is 5.90. The van der Waals surface area contributed by atoms with Crippen LogP contribution in [0.25, 0.3) is 0 Å². The summed E-state index contributed by atoms with van der Waals surface area (Å²) in [6, 6.07) is 2.27. The number of fused-ring (bicyclic) bond motifs is 2. The number of hydrogen-bond donors (Lipinski definition) is 2. The maximum atomic E-state index is 5.90. The first kappa shape index (κ1) is 9.24. The van der Waals surface area contributed by atoms with Crippen molar-refractivity contribution in [3.8, 4) is 0 Å². The number of pyridine rings is 1. The lowest BCUT2D eigenvalue weighted by atomic mass is 10.1. The van der Waals surface area contributed by atoms with E-state index >= 15 is 0 Å². The number of rotatable bonds is 0. The van der Waals surface area contributed by atoms with Gasteiger partial charge in [0.25, 0.3) is 0 Å². The minimum atomic E-state index is 0.368. The van der Waals surface area contributed by atoms with Crippen LogP contribution in [0.1, 0.15) is 0 Å². The Bertz CT molecular complexity index is 385. The zero-order valence-corrected chi connectivity index (χ0v) is 8.92. The maximum Gasteiger partial charge on any atom is 0.149 e. The molecular formula is C10H12ClN3O. The molecule has 15 heavy (non-hydrogen) atoms. The van der Waals surface area contributed by atoms with E-state index in [0.717, 1.165) is 31.3 Å². The van der Waals surface area contributed by atoms with E-state index in [2.05, 4.69) is 15.6 Å². The van der Waals surface area contributed by atoms with Crippen LogP contribution < -0.4 is 10.6 Å². The third-order valence-electron chi connectivity index (χ3n) is 2.93. The van der Waals surface area contributed by atoms with Crippen molar-refractivity contribution in [3.63, 3.8) is 0 Å². The molecule has 5 heteroatoms. The van der Waals surface area contributed by atoms with Gasteiger partial charge in [-0.25, -0.2) is 4.98 Å². The number of hydrogen-bond acceptors (Lipinski definition) is 4. The van der Waals surface area contributed by atoms with E-state index in [1.807, 2.05) is 6.07 Å². The predicted molar refractivity (Wildman–Crippen MR) is 59.5 cm³/mol. The summed E-state index contributed by atoms with van der Waals surface area (Å²) in [6.45, 7) is 2.48. The highest BCUT2D eigenvalue weighted by Gasteiger charge is 2.31. The van der Waals surface area contributed by atoms with Crippen LogP contribution in [0.2, 0.25) is 5.02 Å². The average molecular weight is 226 g/mol. The standard InChI is InChI=1S/C10H12ClN3O/c11-7-1-8-10(13-3-7)14-9-5-15-4-6(9)2-12-8/h1,3,6,9,12H,2,4-5H2,(H,13,14). The molecule has 0 aromatic carbocycles. The van der Waals surface area contributed by atoms with Crippen molar-refractivity contribution in [2.24, 2.45) is 5.92 Å². The van der Waals surface area contributed by atoms with Crippen molar-refractivity contribution in [2.45, 2.75) is 6.04 Å². The monoisotopic (exact) mass is 225 g/mol. The first-order chi connectivity index (χ1) is 7.33. The molecule has 2 N–H and O–H groups in total. The summed E-state index contributed by atoms with van der Waals surface area (Å²) in [7, 11) is 0. The van der Waals surface area contributed by atoms with Crippen LogP contribution in [0, 0.1) is 5.92 Å². The van der Waals surface area contributed by atoms with Crippen LogP contribution in [0.3, 0.4) is 0 Å². The van der Waals surface area contributed by atoms with Gasteiger partial charge in [-0.1, -0.05) is 11.6 Å². The van der Waals surface area contributed by atoms with Crippen molar-refractivity contribution >= 4 is 23.1 Å². The maximum absolute atomic E-state index is 5.90. The molecule has 2 aliphatic rings. The van der Waals surface area contributed by atoms with E-state index < -0.39 is 0 Å². The molecule has 1 aromatic rings. The molecular weight excluding hydrogens is 214 g/mol. The Balaban J connectivity index is 1.93. The lowest BCUT2D eigenvalue weighted by Gasteiger charge is -2.14. The second-order valence-electron chi connectivity index (χ2n) is 3.98. The summed E-state index contributed by atoms with van der Waals surface area (Å²) in [5, 5.41) is 7.40.